The van der Waals surface area contributed by atoms with Gasteiger partial charge in [-0.15, -0.1) is 0 Å². The molecular weight excluding hydrogens is 356 g/mol. The zero-order valence-corrected chi connectivity index (χ0v) is 15.5. The fourth-order valence-electron chi connectivity index (χ4n) is 3.65. The second-order valence-corrected chi connectivity index (χ2v) is 6.91. The van der Waals surface area contributed by atoms with E-state index in [4.69, 9.17) is 0 Å². The molecule has 0 radical (unpaired) electrons. The number of pyridine rings is 1. The number of hydrogen-bond donors (Lipinski definition) is 0. The van der Waals surface area contributed by atoms with Crippen LogP contribution in [0, 0.1) is 0 Å². The molecule has 1 atom stereocenters. The quantitative estimate of drug-likeness (QED) is 0.637. The lowest BCUT2D eigenvalue weighted by atomic mass is 10.2. The van der Waals surface area contributed by atoms with Crippen LogP contribution < -0.4 is 11.1 Å². The Balaban J connectivity index is 1.48. The molecule has 28 heavy (non-hydrogen) atoms. The minimum Gasteiger partial charge on any atom is -0.311 e. The Kier molecular flexibility index (Phi) is 5.38. The molecule has 1 fully saturated rings. The van der Waals surface area contributed by atoms with Crippen LogP contribution in [0.1, 0.15) is 12.8 Å². The molecule has 4 rings (SSSR count). The molecule has 0 saturated carbocycles. The zero-order chi connectivity index (χ0) is 19.3. The second kappa shape index (κ2) is 8.26. The van der Waals surface area contributed by atoms with Crippen molar-refractivity contribution >= 4 is 0 Å². The molecule has 0 aliphatic carbocycles. The van der Waals surface area contributed by atoms with Crippen LogP contribution >= 0.6 is 0 Å². The lowest BCUT2D eigenvalue weighted by molar-refractivity contribution is 0.216. The average Bonchev–Trinajstić information content (AvgIpc) is 3.17. The number of aromatic nitrogens is 5. The van der Waals surface area contributed by atoms with Crippen LogP contribution in [-0.2, 0) is 13.1 Å². The Bertz CT molecular complexity index is 1050. The van der Waals surface area contributed by atoms with Gasteiger partial charge < -0.3 is 4.57 Å². The normalized spacial score (nSPS) is 17.1. The first kappa shape index (κ1) is 18.2. The minimum atomic E-state index is -0.102. The smallest absolute Gasteiger partial charge is 0.269 e. The topological polar surface area (TPSA) is 85.9 Å². The van der Waals surface area contributed by atoms with E-state index in [9.17, 15) is 9.59 Å². The molecule has 0 amide bonds. The van der Waals surface area contributed by atoms with Crippen LogP contribution in [-0.4, -0.2) is 48.3 Å². The third-order valence-electron chi connectivity index (χ3n) is 5.15. The summed E-state index contributed by atoms with van der Waals surface area (Å²) >= 11 is 0. The molecule has 1 saturated heterocycles. The molecule has 3 aromatic rings. The van der Waals surface area contributed by atoms with Crippen molar-refractivity contribution in [1.29, 1.82) is 0 Å². The molecule has 0 bridgehead atoms. The van der Waals surface area contributed by atoms with Crippen molar-refractivity contribution in [2.45, 2.75) is 32.0 Å². The maximum Gasteiger partial charge on any atom is 0.269 e. The third kappa shape index (κ3) is 4.07. The molecule has 8 heteroatoms. The maximum atomic E-state index is 12.3. The van der Waals surface area contributed by atoms with Crippen molar-refractivity contribution in [2.75, 3.05) is 13.1 Å². The van der Waals surface area contributed by atoms with E-state index in [2.05, 4.69) is 20.0 Å². The van der Waals surface area contributed by atoms with Gasteiger partial charge in [0.1, 0.15) is 0 Å². The summed E-state index contributed by atoms with van der Waals surface area (Å²) in [5.74, 6) is 0. The van der Waals surface area contributed by atoms with E-state index < -0.39 is 0 Å². The molecule has 0 spiro atoms. The van der Waals surface area contributed by atoms with Crippen molar-refractivity contribution in [3.63, 3.8) is 0 Å². The van der Waals surface area contributed by atoms with E-state index in [0.717, 1.165) is 37.2 Å². The lowest BCUT2D eigenvalue weighted by Gasteiger charge is -2.25. The summed E-state index contributed by atoms with van der Waals surface area (Å²) in [6.45, 7) is 2.87. The number of nitrogens with zero attached hydrogens (tertiary/aromatic N) is 6. The van der Waals surface area contributed by atoms with E-state index in [1.807, 2.05) is 12.1 Å². The van der Waals surface area contributed by atoms with Crippen LogP contribution in [0.15, 0.2) is 64.8 Å². The van der Waals surface area contributed by atoms with Crippen molar-refractivity contribution in [3.05, 3.63) is 76.0 Å². The highest BCUT2D eigenvalue weighted by Crippen LogP contribution is 2.19. The van der Waals surface area contributed by atoms with Gasteiger partial charge >= 0.3 is 0 Å². The van der Waals surface area contributed by atoms with Gasteiger partial charge in [-0.25, -0.2) is 4.68 Å². The molecule has 1 unspecified atom stereocenters. The molecular formula is C20H22N6O2. The summed E-state index contributed by atoms with van der Waals surface area (Å²) in [7, 11) is 0. The highest BCUT2D eigenvalue weighted by Gasteiger charge is 2.25. The van der Waals surface area contributed by atoms with Crippen molar-refractivity contribution < 1.29 is 0 Å². The first-order chi connectivity index (χ1) is 13.7. The van der Waals surface area contributed by atoms with Crippen LogP contribution in [0.3, 0.4) is 0 Å². The molecule has 144 valence electrons. The Labute approximate surface area is 162 Å². The highest BCUT2D eigenvalue weighted by atomic mass is 16.1. The third-order valence-corrected chi connectivity index (χ3v) is 5.15. The molecule has 1 aliphatic rings. The van der Waals surface area contributed by atoms with Crippen LogP contribution in [0.4, 0.5) is 0 Å². The summed E-state index contributed by atoms with van der Waals surface area (Å²) in [6, 6.07) is 7.31. The Hall–Kier alpha value is -3.13. The van der Waals surface area contributed by atoms with Crippen molar-refractivity contribution in [3.8, 4) is 11.3 Å². The number of hydrogen-bond acceptors (Lipinski definition) is 6. The van der Waals surface area contributed by atoms with Gasteiger partial charge in [-0.2, -0.15) is 5.10 Å². The van der Waals surface area contributed by atoms with Gasteiger partial charge in [0.05, 0.1) is 18.4 Å². The molecule has 0 N–H and O–H groups in total. The summed E-state index contributed by atoms with van der Waals surface area (Å²) in [5, 5.41) is 4.56. The van der Waals surface area contributed by atoms with Crippen LogP contribution in [0.25, 0.3) is 11.3 Å². The molecule has 0 aromatic carbocycles. The predicted molar refractivity (Wildman–Crippen MR) is 105 cm³/mol. The molecule has 4 heterocycles. The molecule has 1 aliphatic heterocycles. The van der Waals surface area contributed by atoms with Crippen LogP contribution in [0.5, 0.6) is 0 Å². The Morgan fingerprint density at radius 3 is 2.64 bits per heavy atom. The van der Waals surface area contributed by atoms with Crippen molar-refractivity contribution in [1.82, 2.24) is 29.2 Å². The minimum absolute atomic E-state index is 0.0961. The monoisotopic (exact) mass is 378 g/mol. The van der Waals surface area contributed by atoms with Crippen molar-refractivity contribution in [2.24, 2.45) is 0 Å². The van der Waals surface area contributed by atoms with Gasteiger partial charge in [-0.05, 0) is 37.6 Å². The van der Waals surface area contributed by atoms with Crippen LogP contribution in [0.2, 0.25) is 0 Å². The summed E-state index contributed by atoms with van der Waals surface area (Å²) < 4.78 is 3.22. The second-order valence-electron chi connectivity index (χ2n) is 6.91. The lowest BCUT2D eigenvalue weighted by Crippen LogP contribution is -2.39. The Morgan fingerprint density at radius 1 is 0.964 bits per heavy atom. The SMILES string of the molecule is O=c1cnccn1CCN1CCCC1Cn1nc(-c2ccncc2)ccc1=O. The largest absolute Gasteiger partial charge is 0.311 e. The highest BCUT2D eigenvalue weighted by molar-refractivity contribution is 5.56. The fraction of sp³-hybridized carbons (Fsp3) is 0.350. The van der Waals surface area contributed by atoms with E-state index >= 15 is 0 Å². The van der Waals surface area contributed by atoms with E-state index in [1.54, 1.807) is 46.2 Å². The first-order valence-electron chi connectivity index (χ1n) is 9.44. The summed E-state index contributed by atoms with van der Waals surface area (Å²) in [5.41, 5.74) is 1.50. The summed E-state index contributed by atoms with van der Waals surface area (Å²) in [6.07, 6.45) is 10.2. The first-order valence-corrected chi connectivity index (χ1v) is 9.44. The van der Waals surface area contributed by atoms with Gasteiger partial charge in [0, 0.05) is 55.5 Å². The molecule has 8 nitrogen and oxygen atoms in total. The standard InChI is InChI=1S/C20H22N6O2/c27-19-4-3-18(16-5-7-21-8-6-16)23-26(19)15-17-2-1-10-24(17)12-13-25-11-9-22-14-20(25)28/h3-9,11,14,17H,1-2,10,12-13,15H2. The van der Waals surface area contributed by atoms with E-state index in [0.29, 0.717) is 13.1 Å². The van der Waals surface area contributed by atoms with Gasteiger partial charge in [-0.3, -0.25) is 24.5 Å². The molecule has 3 aromatic heterocycles. The van der Waals surface area contributed by atoms with Gasteiger partial charge in [0.2, 0.25) is 0 Å². The maximum absolute atomic E-state index is 12.3. The van der Waals surface area contributed by atoms with Gasteiger partial charge in [-0.1, -0.05) is 0 Å². The van der Waals surface area contributed by atoms with E-state index in [1.165, 1.54) is 6.20 Å². The summed E-state index contributed by atoms with van der Waals surface area (Å²) in [4.78, 5) is 34.4. The fourth-order valence-corrected chi connectivity index (χ4v) is 3.65. The van der Waals surface area contributed by atoms with Gasteiger partial charge in [0.15, 0.2) is 0 Å². The Morgan fingerprint density at radius 2 is 1.82 bits per heavy atom. The van der Waals surface area contributed by atoms with Gasteiger partial charge in [0.25, 0.3) is 11.1 Å². The average molecular weight is 378 g/mol. The van der Waals surface area contributed by atoms with E-state index in [-0.39, 0.29) is 17.2 Å². The zero-order valence-electron chi connectivity index (χ0n) is 15.5. The number of rotatable bonds is 6. The predicted octanol–water partition coefficient (Wildman–Crippen LogP) is 1.03. The number of likely N-dealkylation sites (tertiary alicyclic amines) is 1.